The van der Waals surface area contributed by atoms with Gasteiger partial charge in [-0.3, -0.25) is 0 Å². The second-order valence-corrected chi connectivity index (χ2v) is 15.0. The summed E-state index contributed by atoms with van der Waals surface area (Å²) in [6, 6.07) is 10.7. The highest BCUT2D eigenvalue weighted by Gasteiger charge is 2.43. The molecule has 5 rings (SSSR count). The minimum absolute atomic E-state index is 0.145. The van der Waals surface area contributed by atoms with Gasteiger partial charge in [0.05, 0.1) is 18.2 Å². The van der Waals surface area contributed by atoms with E-state index >= 15 is 0 Å². The monoisotopic (exact) mass is 583 g/mol. The van der Waals surface area contributed by atoms with Gasteiger partial charge >= 0.3 is 0 Å². The van der Waals surface area contributed by atoms with Crippen LogP contribution in [0.15, 0.2) is 24.3 Å². The Morgan fingerprint density at radius 2 is 1.83 bits per heavy atom. The Bertz CT molecular complexity index is 1040. The van der Waals surface area contributed by atoms with Gasteiger partial charge in [0.25, 0.3) is 0 Å². The number of aliphatic carboxylic acids is 1. The molecule has 1 aromatic rings. The van der Waals surface area contributed by atoms with Crippen LogP contribution in [-0.2, 0) is 17.6 Å². The second kappa shape index (κ2) is 14.1. The number of aliphatic hydroxyl groups excluding tert-OH is 1. The van der Waals surface area contributed by atoms with Gasteiger partial charge in [0.2, 0.25) is 0 Å². The van der Waals surface area contributed by atoms with E-state index in [1.165, 1.54) is 43.4 Å². The number of hydrogen-bond donors (Lipinski definition) is 5. The number of piperidine rings is 3. The van der Waals surface area contributed by atoms with Crippen LogP contribution in [0, 0.1) is 11.8 Å². The number of β-amino-alcohol motifs (C(OH)–C–C–N with tert-alkyl or cyclic N) is 1. The smallest absolute Gasteiger partial charge is 0.111 e. The third-order valence-electron chi connectivity index (χ3n) is 11.6. The molecule has 0 amide bonds. The fourth-order valence-corrected chi connectivity index (χ4v) is 9.04. The standard InChI is InChI=1S/C35H57N3O4/c1-25-32(39)12-11-31-21-29(13-17-38(25)31)28-10-5-3-4-6-14-35(42,23-33(40)41)24-37-34(2)15-16-36-30(22-34)20-27-9-7-8-26(18-27)19-28/h7-9,18,25,28-32,36-37,39,42H,3-6,10-17,19-24H2,1-2H3,(H,40,41)/t25-,28-,29-,30+,31-,32-,34+,35-/m1/s1. The van der Waals surface area contributed by atoms with Crippen LogP contribution in [0.4, 0.5) is 0 Å². The van der Waals surface area contributed by atoms with Crippen LogP contribution in [0.5, 0.6) is 0 Å². The number of carboxylic acid groups (broad SMARTS) is 1. The Morgan fingerprint density at radius 1 is 1.05 bits per heavy atom. The van der Waals surface area contributed by atoms with E-state index in [0.717, 1.165) is 70.3 Å². The van der Waals surface area contributed by atoms with Crippen molar-refractivity contribution in [3.63, 3.8) is 0 Å². The van der Waals surface area contributed by atoms with Crippen molar-refractivity contribution >= 4 is 5.97 Å². The number of quaternary nitrogens is 1. The number of carbonyl (C=O) groups excluding carboxylic acids is 1. The maximum absolute atomic E-state index is 11.6. The maximum Gasteiger partial charge on any atom is 0.111 e. The first-order valence-corrected chi connectivity index (χ1v) is 17.1. The van der Waals surface area contributed by atoms with Crippen molar-refractivity contribution < 1.29 is 25.0 Å². The molecule has 0 saturated carbocycles. The van der Waals surface area contributed by atoms with E-state index in [2.05, 4.69) is 48.7 Å². The number of hydrogen-bond acceptors (Lipinski definition) is 6. The first kappa shape index (κ1) is 31.9. The zero-order valence-corrected chi connectivity index (χ0v) is 26.2. The summed E-state index contributed by atoms with van der Waals surface area (Å²) in [5.74, 6) is 0.223. The van der Waals surface area contributed by atoms with Gasteiger partial charge in [0, 0.05) is 43.4 Å². The number of aliphatic hydroxyl groups is 2. The Balaban J connectivity index is 1.32. The van der Waals surface area contributed by atoms with Gasteiger partial charge in [-0.25, -0.2) is 0 Å². The Morgan fingerprint density at radius 3 is 2.64 bits per heavy atom. The quantitative estimate of drug-likeness (QED) is 0.372. The average molecular weight is 584 g/mol. The minimum atomic E-state index is -1.27. The van der Waals surface area contributed by atoms with E-state index in [4.69, 9.17) is 0 Å². The van der Waals surface area contributed by atoms with Crippen molar-refractivity contribution in [1.82, 2.24) is 10.6 Å². The molecular weight excluding hydrogens is 526 g/mol. The molecule has 5 N–H and O–H groups in total. The number of fused-ring (bicyclic) bond motifs is 5. The SMILES string of the molecule is C[C@@H]1[C@H](O)CC[C@@H]2C[C@H]([C@@H]3CCCCCC[C@@](O)(CC(=O)[O-])CN[C@@]4(C)CCN[C@@H](Cc5cccc(c5)C3)C4)CC[NH+]21. The summed E-state index contributed by atoms with van der Waals surface area (Å²) in [6.07, 6.45) is 14.0. The van der Waals surface area contributed by atoms with Crippen molar-refractivity contribution in [2.24, 2.45) is 11.8 Å². The minimum Gasteiger partial charge on any atom is -0.550 e. The number of carbonyl (C=O) groups is 1. The van der Waals surface area contributed by atoms with E-state index in [0.29, 0.717) is 37.0 Å². The Kier molecular flexibility index (Phi) is 10.7. The van der Waals surface area contributed by atoms with Crippen LogP contribution in [0.25, 0.3) is 0 Å². The molecule has 236 valence electrons. The zero-order valence-electron chi connectivity index (χ0n) is 26.2. The van der Waals surface area contributed by atoms with Gasteiger partial charge in [0.1, 0.15) is 12.1 Å². The molecule has 1 aromatic carbocycles. The summed E-state index contributed by atoms with van der Waals surface area (Å²) in [5, 5.41) is 40.7. The van der Waals surface area contributed by atoms with E-state index in [1.807, 2.05) is 0 Å². The summed E-state index contributed by atoms with van der Waals surface area (Å²) in [5.41, 5.74) is 1.45. The van der Waals surface area contributed by atoms with Crippen LogP contribution in [0.2, 0.25) is 0 Å². The predicted molar refractivity (Wildman–Crippen MR) is 164 cm³/mol. The highest BCUT2D eigenvalue weighted by Crippen LogP contribution is 2.34. The largest absolute Gasteiger partial charge is 0.550 e. The molecular formula is C35H57N3O4. The molecule has 0 aliphatic carbocycles. The Labute approximate surface area is 253 Å². The number of carboxylic acids is 1. The highest BCUT2D eigenvalue weighted by molar-refractivity contribution is 5.65. The molecule has 4 aliphatic heterocycles. The van der Waals surface area contributed by atoms with E-state index < -0.39 is 11.6 Å². The average Bonchev–Trinajstić information content (AvgIpc) is 2.95. The van der Waals surface area contributed by atoms with Crippen molar-refractivity contribution in [2.45, 2.75) is 146 Å². The normalized spacial score (nSPS) is 40.7. The first-order valence-electron chi connectivity index (χ1n) is 17.1. The molecule has 42 heavy (non-hydrogen) atoms. The molecule has 4 heterocycles. The maximum atomic E-state index is 11.6. The lowest BCUT2D eigenvalue weighted by Crippen LogP contribution is -3.22. The Hall–Kier alpha value is -1.51. The highest BCUT2D eigenvalue weighted by atomic mass is 16.4. The van der Waals surface area contributed by atoms with Gasteiger partial charge in [0.15, 0.2) is 0 Å². The van der Waals surface area contributed by atoms with Crippen LogP contribution in [-0.4, -0.2) is 71.2 Å². The molecule has 0 spiro atoms. The van der Waals surface area contributed by atoms with Crippen LogP contribution in [0.1, 0.15) is 108 Å². The summed E-state index contributed by atoms with van der Waals surface area (Å²) >= 11 is 0. The molecule has 7 heteroatoms. The van der Waals surface area contributed by atoms with E-state index in [-0.39, 0.29) is 18.1 Å². The topological polar surface area (TPSA) is 109 Å². The number of nitrogens with one attached hydrogen (secondary N) is 3. The zero-order chi connectivity index (χ0) is 29.7. The summed E-state index contributed by atoms with van der Waals surface area (Å²) in [7, 11) is 0. The third kappa shape index (κ3) is 8.35. The molecule has 1 unspecified atom stereocenters. The molecule has 4 aliphatic rings. The fourth-order valence-electron chi connectivity index (χ4n) is 9.04. The van der Waals surface area contributed by atoms with Crippen LogP contribution >= 0.6 is 0 Å². The van der Waals surface area contributed by atoms with E-state index in [1.54, 1.807) is 4.90 Å². The number of benzene rings is 1. The fraction of sp³-hybridized carbons (Fsp3) is 0.800. The number of rotatable bonds is 3. The summed E-state index contributed by atoms with van der Waals surface area (Å²) in [4.78, 5) is 13.2. The van der Waals surface area contributed by atoms with Crippen LogP contribution < -0.4 is 20.6 Å². The lowest BCUT2D eigenvalue weighted by atomic mass is 9.73. The molecule has 9 atom stereocenters. The van der Waals surface area contributed by atoms with Crippen molar-refractivity contribution in [2.75, 3.05) is 19.6 Å². The van der Waals surface area contributed by atoms with Crippen molar-refractivity contribution in [3.05, 3.63) is 35.4 Å². The molecule has 3 fully saturated rings. The molecule has 0 aromatic heterocycles. The molecule has 4 bridgehead atoms. The van der Waals surface area contributed by atoms with Gasteiger partial charge in [-0.05, 0) is 94.7 Å². The van der Waals surface area contributed by atoms with E-state index in [9.17, 15) is 20.1 Å². The third-order valence-corrected chi connectivity index (χ3v) is 11.6. The van der Waals surface area contributed by atoms with Crippen molar-refractivity contribution in [1.29, 1.82) is 0 Å². The van der Waals surface area contributed by atoms with Crippen molar-refractivity contribution in [3.8, 4) is 0 Å². The molecule has 0 radical (unpaired) electrons. The lowest BCUT2D eigenvalue weighted by Gasteiger charge is -2.46. The lowest BCUT2D eigenvalue weighted by molar-refractivity contribution is -0.963. The predicted octanol–water partition coefficient (Wildman–Crippen LogP) is 1.92. The molecule has 7 nitrogen and oxygen atoms in total. The van der Waals surface area contributed by atoms with Gasteiger partial charge in [-0.1, -0.05) is 49.9 Å². The van der Waals surface area contributed by atoms with Gasteiger partial charge in [-0.2, -0.15) is 0 Å². The summed E-state index contributed by atoms with van der Waals surface area (Å²) in [6.45, 7) is 6.84. The molecule has 3 saturated heterocycles. The van der Waals surface area contributed by atoms with Gasteiger partial charge in [-0.15, -0.1) is 0 Å². The van der Waals surface area contributed by atoms with Gasteiger partial charge < -0.3 is 35.6 Å². The second-order valence-electron chi connectivity index (χ2n) is 15.0. The summed E-state index contributed by atoms with van der Waals surface area (Å²) < 4.78 is 0. The van der Waals surface area contributed by atoms with Crippen LogP contribution in [0.3, 0.4) is 0 Å². The first-order chi connectivity index (χ1) is 20.1.